The summed E-state index contributed by atoms with van der Waals surface area (Å²) >= 11 is 0. The summed E-state index contributed by atoms with van der Waals surface area (Å²) in [5, 5.41) is 9.15. The zero-order valence-electron chi connectivity index (χ0n) is 26.5. The lowest BCUT2D eigenvalue weighted by Gasteiger charge is -2.41. The molecule has 1 aliphatic heterocycles. The molecule has 0 aliphatic carbocycles. The van der Waals surface area contributed by atoms with E-state index in [-0.39, 0.29) is 55.3 Å². The van der Waals surface area contributed by atoms with E-state index in [0.717, 1.165) is 0 Å². The summed E-state index contributed by atoms with van der Waals surface area (Å²) < 4.78 is 93.9. The smallest absolute Gasteiger partial charge is 0.416 e. The van der Waals surface area contributed by atoms with Gasteiger partial charge in [0.2, 0.25) is 11.6 Å². The number of carbonyl (C=O) groups is 2. The summed E-state index contributed by atoms with van der Waals surface area (Å²) in [6.45, 7) is 3.10. The van der Waals surface area contributed by atoms with Crippen LogP contribution in [0.1, 0.15) is 61.5 Å². The van der Waals surface area contributed by atoms with Crippen molar-refractivity contribution in [3.05, 3.63) is 65.0 Å². The molecule has 11 nitrogen and oxygen atoms in total. The Bertz CT molecular complexity index is 1590. The molecule has 2 N–H and O–H groups in total. The molecule has 0 saturated heterocycles. The molecular formula is C31H35F6N6O5+. The molecule has 1 aliphatic rings. The third-order valence-corrected chi connectivity index (χ3v) is 7.85. The van der Waals surface area contributed by atoms with Crippen LogP contribution in [0.2, 0.25) is 0 Å². The Morgan fingerprint density at radius 1 is 1.06 bits per heavy atom. The molecule has 0 fully saturated rings. The van der Waals surface area contributed by atoms with E-state index in [0.29, 0.717) is 29.9 Å². The van der Waals surface area contributed by atoms with Crippen molar-refractivity contribution >= 4 is 29.5 Å². The van der Waals surface area contributed by atoms with Gasteiger partial charge >= 0.3 is 30.3 Å². The number of aromatic amines is 1. The van der Waals surface area contributed by atoms with E-state index in [2.05, 4.69) is 15.0 Å². The predicted octanol–water partition coefficient (Wildman–Crippen LogP) is 6.14. The average molecular weight is 686 g/mol. The fourth-order valence-corrected chi connectivity index (χ4v) is 5.51. The van der Waals surface area contributed by atoms with E-state index in [1.807, 2.05) is 6.92 Å². The minimum absolute atomic E-state index is 0.0536. The number of carbonyl (C=O) groups excluding carboxylic acids is 1. The zero-order valence-corrected chi connectivity index (χ0v) is 26.5. The summed E-state index contributed by atoms with van der Waals surface area (Å²) in [7, 11) is 2.98. The van der Waals surface area contributed by atoms with Crippen LogP contribution >= 0.6 is 0 Å². The lowest BCUT2D eigenvalue weighted by Crippen LogP contribution is -2.50. The van der Waals surface area contributed by atoms with Crippen LogP contribution in [0, 0.1) is 0 Å². The fourth-order valence-electron chi connectivity index (χ4n) is 5.51. The van der Waals surface area contributed by atoms with Crippen LogP contribution in [0.5, 0.6) is 5.88 Å². The molecule has 3 aromatic rings. The number of hydrogen-bond acceptors (Lipinski definition) is 8. The number of hydrogen-bond donors (Lipinski definition) is 1. The lowest BCUT2D eigenvalue weighted by molar-refractivity contribution is -0.407. The second-order valence-corrected chi connectivity index (χ2v) is 11.0. The standard InChI is InChI=1S/C31H34F6N6O5/c1-5-21-16-23(27-22(7-8-25(40-27)47-4)43(21)29(46)48-6-2)42(28-38-11-9-24(39-28)41(3)12-10-26(44)45)17-18-13-19(30(32,33)34)15-20(14-18)31(35,36)37/h7-9,11,13-15,21,23H,5-6,10,12,16-17H2,1-4H3,(H,44,45)/p+1/t21-,23+/m1/s1. The molecule has 4 rings (SSSR count). The van der Waals surface area contributed by atoms with Gasteiger partial charge in [0.05, 0.1) is 37.3 Å². The van der Waals surface area contributed by atoms with Gasteiger partial charge in [0.25, 0.3) is 0 Å². The Labute approximate surface area is 272 Å². The fraction of sp³-hybridized carbons (Fsp3) is 0.452. The maximum atomic E-state index is 13.9. The van der Waals surface area contributed by atoms with E-state index in [1.165, 1.54) is 34.1 Å². The van der Waals surface area contributed by atoms with Crippen molar-refractivity contribution in [2.24, 2.45) is 0 Å². The molecule has 0 saturated carbocycles. The highest BCUT2D eigenvalue weighted by Gasteiger charge is 2.44. The van der Waals surface area contributed by atoms with E-state index in [1.54, 1.807) is 26.1 Å². The van der Waals surface area contributed by atoms with Crippen LogP contribution in [0.3, 0.4) is 0 Å². The zero-order chi connectivity index (χ0) is 35.4. The monoisotopic (exact) mass is 685 g/mol. The number of ether oxygens (including phenoxy) is 2. The number of nitrogens with one attached hydrogen (secondary N) is 1. The van der Waals surface area contributed by atoms with E-state index >= 15 is 0 Å². The Balaban J connectivity index is 1.94. The Hall–Kier alpha value is -4.83. The highest BCUT2D eigenvalue weighted by molar-refractivity contribution is 5.89. The molecule has 0 bridgehead atoms. The number of fused-ring (bicyclic) bond motifs is 1. The van der Waals surface area contributed by atoms with Crippen LogP contribution in [0.25, 0.3) is 0 Å². The summed E-state index contributed by atoms with van der Waals surface area (Å²) in [4.78, 5) is 40.8. The van der Waals surface area contributed by atoms with Crippen molar-refractivity contribution in [1.29, 1.82) is 0 Å². The SMILES string of the molecule is CCOC(=O)N1c2ccc(OC)[nH+]c2[C@@H](N(Cc2cc(C(F)(F)F)cc(C(F)(F)F)c2)c2nccc(N(C)CCC(=O)O)n2)C[C@H]1CC. The maximum Gasteiger partial charge on any atom is 0.416 e. The van der Waals surface area contributed by atoms with Gasteiger partial charge in [0.1, 0.15) is 17.5 Å². The predicted molar refractivity (Wildman–Crippen MR) is 161 cm³/mol. The Morgan fingerprint density at radius 3 is 2.29 bits per heavy atom. The van der Waals surface area contributed by atoms with Crippen molar-refractivity contribution in [2.75, 3.05) is 42.0 Å². The van der Waals surface area contributed by atoms with Crippen molar-refractivity contribution < 1.29 is 55.5 Å². The number of aliphatic carboxylic acids is 1. The Morgan fingerprint density at radius 2 is 1.73 bits per heavy atom. The number of aromatic nitrogens is 3. The third-order valence-electron chi connectivity index (χ3n) is 7.85. The molecule has 48 heavy (non-hydrogen) atoms. The van der Waals surface area contributed by atoms with Gasteiger partial charge < -0.3 is 24.4 Å². The van der Waals surface area contributed by atoms with E-state index < -0.39 is 54.2 Å². The first kappa shape index (κ1) is 36.0. The van der Waals surface area contributed by atoms with Gasteiger partial charge in [-0.15, -0.1) is 0 Å². The number of pyridine rings is 1. The quantitative estimate of drug-likeness (QED) is 0.237. The van der Waals surface area contributed by atoms with Crippen molar-refractivity contribution in [3.63, 3.8) is 0 Å². The number of halogens is 6. The molecule has 2 atom stereocenters. The summed E-state index contributed by atoms with van der Waals surface area (Å²) in [5.41, 5.74) is -2.57. The molecule has 260 valence electrons. The topological polar surface area (TPSA) is 122 Å². The molecule has 0 radical (unpaired) electrons. The molecular weight excluding hydrogens is 650 g/mol. The highest BCUT2D eigenvalue weighted by atomic mass is 19.4. The normalized spacial score (nSPS) is 16.2. The molecule has 3 heterocycles. The van der Waals surface area contributed by atoms with E-state index in [4.69, 9.17) is 14.6 Å². The van der Waals surface area contributed by atoms with Crippen LogP contribution < -0.4 is 24.4 Å². The number of amides is 1. The Kier molecular flexibility index (Phi) is 10.9. The number of methoxy groups -OCH3 is 1. The number of H-pyrrole nitrogens is 1. The van der Waals surface area contributed by atoms with Crippen LogP contribution in [0.4, 0.5) is 48.6 Å². The molecule has 2 aromatic heterocycles. The lowest BCUT2D eigenvalue weighted by atomic mass is 9.92. The number of carboxylic acid groups (broad SMARTS) is 1. The van der Waals surface area contributed by atoms with Gasteiger partial charge in [-0.1, -0.05) is 6.92 Å². The number of nitrogens with zero attached hydrogens (tertiary/aromatic N) is 5. The summed E-state index contributed by atoms with van der Waals surface area (Å²) in [6, 6.07) is 4.67. The van der Waals surface area contributed by atoms with Crippen LogP contribution in [-0.2, 0) is 28.4 Å². The number of benzene rings is 1. The average Bonchev–Trinajstić information content (AvgIpc) is 3.04. The van der Waals surface area contributed by atoms with E-state index in [9.17, 15) is 35.9 Å². The van der Waals surface area contributed by atoms with Crippen molar-refractivity contribution in [1.82, 2.24) is 9.97 Å². The van der Waals surface area contributed by atoms with Crippen molar-refractivity contribution in [3.8, 4) is 5.88 Å². The first-order chi connectivity index (χ1) is 22.6. The van der Waals surface area contributed by atoms with Gasteiger partial charge in [0.15, 0.2) is 0 Å². The second kappa shape index (κ2) is 14.5. The van der Waals surface area contributed by atoms with Crippen molar-refractivity contribution in [2.45, 2.75) is 64.1 Å². The minimum atomic E-state index is -5.07. The number of rotatable bonds is 11. The molecule has 1 aromatic carbocycles. The number of anilines is 3. The molecule has 0 unspecified atom stereocenters. The van der Waals surface area contributed by atoms with Gasteiger partial charge in [-0.2, -0.15) is 36.3 Å². The maximum absolute atomic E-state index is 13.9. The first-order valence-corrected chi connectivity index (χ1v) is 14.9. The molecule has 17 heteroatoms. The minimum Gasteiger partial charge on any atom is -0.481 e. The molecule has 0 spiro atoms. The summed E-state index contributed by atoms with van der Waals surface area (Å²) in [6.07, 6.45) is -9.10. The van der Waals surface area contributed by atoms with Gasteiger partial charge in [-0.3, -0.25) is 9.69 Å². The van der Waals surface area contributed by atoms with Gasteiger partial charge in [0, 0.05) is 32.4 Å². The van der Waals surface area contributed by atoms with Gasteiger partial charge in [-0.05, 0) is 55.7 Å². The third kappa shape index (κ3) is 8.17. The molecule has 1 amide bonds. The first-order valence-electron chi connectivity index (χ1n) is 14.9. The number of carboxylic acids is 1. The summed E-state index contributed by atoms with van der Waals surface area (Å²) in [5.74, 6) is -0.592. The number of alkyl halides is 6. The van der Waals surface area contributed by atoms with Gasteiger partial charge in [-0.25, -0.2) is 9.78 Å². The highest BCUT2D eigenvalue weighted by Crippen LogP contribution is 2.43. The van der Waals surface area contributed by atoms with Crippen LogP contribution in [-0.4, -0.2) is 60.5 Å². The largest absolute Gasteiger partial charge is 0.481 e. The second-order valence-electron chi connectivity index (χ2n) is 11.0. The van der Waals surface area contributed by atoms with Crippen LogP contribution in [0.15, 0.2) is 42.6 Å².